The highest BCUT2D eigenvalue weighted by atomic mass is 19.1. The zero-order valence-corrected chi connectivity index (χ0v) is 21.7. The van der Waals surface area contributed by atoms with Gasteiger partial charge in [-0.1, -0.05) is 48.0 Å². The van der Waals surface area contributed by atoms with Gasteiger partial charge in [0.1, 0.15) is 18.2 Å². The normalized spacial score (nSPS) is 11.2. The molecule has 0 aliphatic heterocycles. The number of imidazole rings is 1. The molecule has 3 aromatic carbocycles. The second-order valence-corrected chi connectivity index (χ2v) is 9.30. The van der Waals surface area contributed by atoms with Crippen molar-refractivity contribution in [1.82, 2.24) is 14.5 Å². The highest BCUT2D eigenvalue weighted by Gasteiger charge is 2.16. The van der Waals surface area contributed by atoms with Crippen LogP contribution in [0.2, 0.25) is 0 Å². The minimum atomic E-state index is -1.02. The fraction of sp³-hybridized carbons (Fsp3) is 0.194. The molecular formula is C31H28FN3O4. The molecule has 2 aromatic heterocycles. The van der Waals surface area contributed by atoms with Gasteiger partial charge < -0.3 is 19.1 Å². The summed E-state index contributed by atoms with van der Waals surface area (Å²) >= 11 is 0. The number of nitrogens with zero attached hydrogens (tertiary/aromatic N) is 3. The molecule has 1 N–H and O–H groups in total. The van der Waals surface area contributed by atoms with Gasteiger partial charge in [0.05, 0.1) is 28.9 Å². The molecule has 39 heavy (non-hydrogen) atoms. The largest absolute Gasteiger partial charge is 0.478 e. The maximum absolute atomic E-state index is 15.3. The van der Waals surface area contributed by atoms with Crippen LogP contribution in [0.5, 0.6) is 5.88 Å². The van der Waals surface area contributed by atoms with E-state index in [0.717, 1.165) is 5.56 Å². The van der Waals surface area contributed by atoms with Crippen LogP contribution in [0, 0.1) is 12.7 Å². The summed E-state index contributed by atoms with van der Waals surface area (Å²) < 4.78 is 28.3. The Morgan fingerprint density at radius 2 is 1.82 bits per heavy atom. The van der Waals surface area contributed by atoms with E-state index in [9.17, 15) is 9.90 Å². The van der Waals surface area contributed by atoms with E-state index in [-0.39, 0.29) is 17.8 Å². The van der Waals surface area contributed by atoms with Crippen LogP contribution in [-0.4, -0.2) is 39.3 Å². The van der Waals surface area contributed by atoms with Crippen LogP contribution in [0.25, 0.3) is 22.3 Å². The van der Waals surface area contributed by atoms with Gasteiger partial charge in [0.25, 0.3) is 0 Å². The molecule has 5 aromatic rings. The van der Waals surface area contributed by atoms with E-state index in [0.29, 0.717) is 59.3 Å². The molecular weight excluding hydrogens is 497 g/mol. The third kappa shape index (κ3) is 5.97. The van der Waals surface area contributed by atoms with Crippen molar-refractivity contribution in [2.45, 2.75) is 26.5 Å². The molecule has 0 radical (unpaired) electrons. The summed E-state index contributed by atoms with van der Waals surface area (Å²) in [4.78, 5) is 20.7. The molecule has 0 unspecified atom stereocenters. The van der Waals surface area contributed by atoms with Crippen LogP contribution in [0.3, 0.4) is 0 Å². The molecule has 0 amide bonds. The number of carboxylic acids is 1. The van der Waals surface area contributed by atoms with Crippen LogP contribution in [0.1, 0.15) is 32.9 Å². The first kappa shape index (κ1) is 26.1. The summed E-state index contributed by atoms with van der Waals surface area (Å²) in [5, 5.41) is 9.40. The van der Waals surface area contributed by atoms with Crippen molar-refractivity contribution >= 4 is 17.0 Å². The van der Waals surface area contributed by atoms with Crippen molar-refractivity contribution in [1.29, 1.82) is 0 Å². The molecule has 5 rings (SSSR count). The fourth-order valence-electron chi connectivity index (χ4n) is 4.39. The zero-order chi connectivity index (χ0) is 27.4. The summed E-state index contributed by atoms with van der Waals surface area (Å²) in [5.41, 5.74) is 5.42. The Morgan fingerprint density at radius 1 is 1.00 bits per heavy atom. The van der Waals surface area contributed by atoms with Gasteiger partial charge in [-0.25, -0.2) is 19.2 Å². The van der Waals surface area contributed by atoms with Gasteiger partial charge in [0.15, 0.2) is 0 Å². The number of benzene rings is 3. The van der Waals surface area contributed by atoms with Gasteiger partial charge in [-0.05, 0) is 48.4 Å². The fourth-order valence-corrected chi connectivity index (χ4v) is 4.39. The molecule has 198 valence electrons. The molecule has 0 bridgehead atoms. The number of halogens is 1. The number of aromatic nitrogens is 3. The molecule has 8 heteroatoms. The summed E-state index contributed by atoms with van der Waals surface area (Å²) in [5.74, 6) is -0.305. The van der Waals surface area contributed by atoms with Crippen LogP contribution in [-0.2, 0) is 24.3 Å². The van der Waals surface area contributed by atoms with Crippen LogP contribution >= 0.6 is 0 Å². The minimum Gasteiger partial charge on any atom is -0.478 e. The molecule has 0 fully saturated rings. The molecule has 0 aliphatic rings. The highest BCUT2D eigenvalue weighted by Crippen LogP contribution is 2.26. The Bertz CT molecular complexity index is 1630. The van der Waals surface area contributed by atoms with Gasteiger partial charge in [-0.15, -0.1) is 0 Å². The first-order valence-corrected chi connectivity index (χ1v) is 12.6. The Hall–Kier alpha value is -4.56. The maximum Gasteiger partial charge on any atom is 0.335 e. The third-order valence-electron chi connectivity index (χ3n) is 6.52. The lowest BCUT2D eigenvalue weighted by Gasteiger charge is -2.11. The van der Waals surface area contributed by atoms with Crippen molar-refractivity contribution in [3.63, 3.8) is 0 Å². The molecule has 0 spiro atoms. The summed E-state index contributed by atoms with van der Waals surface area (Å²) in [7, 11) is 1.59. The number of aryl methyl sites for hydroxylation is 1. The number of fused-ring (bicyclic) bond motifs is 1. The lowest BCUT2D eigenvalue weighted by molar-refractivity contribution is 0.0697. The van der Waals surface area contributed by atoms with E-state index < -0.39 is 5.97 Å². The molecule has 2 heterocycles. The Balaban J connectivity index is 1.37. The maximum atomic E-state index is 15.3. The van der Waals surface area contributed by atoms with Gasteiger partial charge in [0, 0.05) is 31.7 Å². The van der Waals surface area contributed by atoms with Gasteiger partial charge in [-0.2, -0.15) is 0 Å². The van der Waals surface area contributed by atoms with E-state index in [2.05, 4.69) is 9.97 Å². The predicted octanol–water partition coefficient (Wildman–Crippen LogP) is 6.06. The topological polar surface area (TPSA) is 86.5 Å². The molecule has 0 atom stereocenters. The van der Waals surface area contributed by atoms with Crippen LogP contribution in [0.4, 0.5) is 4.39 Å². The molecule has 7 nitrogen and oxygen atoms in total. The molecule has 0 aliphatic carbocycles. The predicted molar refractivity (Wildman–Crippen MR) is 147 cm³/mol. The van der Waals surface area contributed by atoms with Crippen LogP contribution in [0.15, 0.2) is 78.9 Å². The highest BCUT2D eigenvalue weighted by molar-refractivity contribution is 5.92. The van der Waals surface area contributed by atoms with Gasteiger partial charge in [0.2, 0.25) is 5.88 Å². The zero-order valence-electron chi connectivity index (χ0n) is 21.7. The van der Waals surface area contributed by atoms with Crippen molar-refractivity contribution in [3.05, 3.63) is 113 Å². The lowest BCUT2D eigenvalue weighted by Crippen LogP contribution is -2.10. The molecule has 0 saturated carbocycles. The van der Waals surface area contributed by atoms with Crippen molar-refractivity contribution in [2.75, 3.05) is 13.7 Å². The van der Waals surface area contributed by atoms with E-state index in [1.54, 1.807) is 31.4 Å². The minimum absolute atomic E-state index is 0.167. The van der Waals surface area contributed by atoms with Crippen molar-refractivity contribution < 1.29 is 23.8 Å². The Labute approximate surface area is 225 Å². The quantitative estimate of drug-likeness (QED) is 0.239. The summed E-state index contributed by atoms with van der Waals surface area (Å²) in [6.07, 6.45) is 0.236. The monoisotopic (exact) mass is 525 g/mol. The second kappa shape index (κ2) is 11.4. The average Bonchev–Trinajstić information content (AvgIpc) is 3.28. The Kier molecular flexibility index (Phi) is 7.65. The number of aromatic carboxylic acids is 1. The standard InChI is InChI=1S/C31H28FN3O4/c1-20-6-8-21(9-7-20)19-39-30-5-3-4-26(34-30)23-11-10-22(25(32)16-23)18-29-33-27-13-12-24(31(36)37)17-28(27)35(29)14-15-38-2/h3-13,16-17H,14-15,18-19H2,1-2H3,(H,36,37). The first-order valence-electron chi connectivity index (χ1n) is 12.6. The number of rotatable bonds is 10. The number of carboxylic acid groups (broad SMARTS) is 1. The average molecular weight is 526 g/mol. The number of methoxy groups -OCH3 is 1. The van der Waals surface area contributed by atoms with E-state index in [1.807, 2.05) is 54.0 Å². The van der Waals surface area contributed by atoms with E-state index >= 15 is 4.39 Å². The third-order valence-corrected chi connectivity index (χ3v) is 6.52. The Morgan fingerprint density at radius 3 is 2.56 bits per heavy atom. The lowest BCUT2D eigenvalue weighted by atomic mass is 10.1. The number of hydrogen-bond acceptors (Lipinski definition) is 5. The number of pyridine rings is 1. The second-order valence-electron chi connectivity index (χ2n) is 9.30. The summed E-state index contributed by atoms with van der Waals surface area (Å²) in [6.45, 7) is 3.30. The van der Waals surface area contributed by atoms with Crippen LogP contribution < -0.4 is 4.74 Å². The van der Waals surface area contributed by atoms with Crippen molar-refractivity contribution in [2.24, 2.45) is 0 Å². The van der Waals surface area contributed by atoms with E-state index in [1.165, 1.54) is 17.7 Å². The van der Waals surface area contributed by atoms with Crippen molar-refractivity contribution in [3.8, 4) is 17.1 Å². The number of carbonyl (C=O) groups is 1. The van der Waals surface area contributed by atoms with Gasteiger partial charge >= 0.3 is 5.97 Å². The van der Waals surface area contributed by atoms with Gasteiger partial charge in [-0.3, -0.25) is 0 Å². The summed E-state index contributed by atoms with van der Waals surface area (Å²) in [6, 6.07) is 23.3. The SMILES string of the molecule is COCCn1c(Cc2ccc(-c3cccc(OCc4ccc(C)cc4)n3)cc2F)nc2ccc(C(=O)O)cc21. The number of hydrogen-bond donors (Lipinski definition) is 1. The number of ether oxygens (including phenoxy) is 2. The van der Waals surface area contributed by atoms with E-state index in [4.69, 9.17) is 9.47 Å². The smallest absolute Gasteiger partial charge is 0.335 e. The molecule has 0 saturated heterocycles. The first-order chi connectivity index (χ1) is 18.9.